The quantitative estimate of drug-likeness (QED) is 0.590. The maximum absolute atomic E-state index is 12.6. The first-order valence-electron chi connectivity index (χ1n) is 8.39. The molecule has 1 aliphatic rings. The van der Waals surface area contributed by atoms with Crippen LogP contribution in [0.3, 0.4) is 0 Å². The van der Waals surface area contributed by atoms with Gasteiger partial charge in [0.15, 0.2) is 0 Å². The zero-order valence-corrected chi connectivity index (χ0v) is 15.6. The summed E-state index contributed by atoms with van der Waals surface area (Å²) in [4.78, 5) is 25.2. The molecule has 0 saturated heterocycles. The second-order valence-electron chi connectivity index (χ2n) is 6.84. The fraction of sp³-hybridized carbons (Fsp3) is 0.556. The normalized spacial score (nSPS) is 16.3. The Morgan fingerprint density at radius 1 is 1.04 bits per heavy atom. The zero-order valence-electron chi connectivity index (χ0n) is 14.1. The van der Waals surface area contributed by atoms with Gasteiger partial charge in [-0.05, 0) is 38.8 Å². The van der Waals surface area contributed by atoms with Crippen molar-refractivity contribution in [2.45, 2.75) is 58.4 Å². The molecule has 0 radical (unpaired) electrons. The highest BCUT2D eigenvalue weighted by Gasteiger charge is 2.37. The molecule has 1 saturated carbocycles. The van der Waals surface area contributed by atoms with E-state index in [1.54, 1.807) is 32.0 Å². The number of rotatable bonds is 4. The number of anilines is 1. The largest absolute Gasteiger partial charge is 0.352 e. The molecular formula is C18H24Cl2N2O2. The molecule has 1 fully saturated rings. The van der Waals surface area contributed by atoms with Crippen molar-refractivity contribution in [3.63, 3.8) is 0 Å². The minimum Gasteiger partial charge on any atom is -0.352 e. The third-order valence-corrected chi connectivity index (χ3v) is 5.34. The van der Waals surface area contributed by atoms with Gasteiger partial charge in [0, 0.05) is 6.04 Å². The summed E-state index contributed by atoms with van der Waals surface area (Å²) in [6, 6.07) is 5.15. The van der Waals surface area contributed by atoms with Crippen molar-refractivity contribution in [2.75, 3.05) is 5.32 Å². The Labute approximate surface area is 153 Å². The topological polar surface area (TPSA) is 58.2 Å². The summed E-state index contributed by atoms with van der Waals surface area (Å²) in [6.45, 7) is 3.24. The van der Waals surface area contributed by atoms with Gasteiger partial charge in [-0.25, -0.2) is 0 Å². The van der Waals surface area contributed by atoms with Gasteiger partial charge in [0.2, 0.25) is 11.8 Å². The summed E-state index contributed by atoms with van der Waals surface area (Å²) < 4.78 is 0. The maximum atomic E-state index is 12.6. The molecule has 1 aliphatic carbocycles. The Hall–Kier alpha value is -1.26. The summed E-state index contributed by atoms with van der Waals surface area (Å²) >= 11 is 12.0. The number of halogens is 2. The van der Waals surface area contributed by atoms with Crippen molar-refractivity contribution in [1.29, 1.82) is 0 Å². The Bertz CT molecular complexity index is 609. The number of benzene rings is 1. The Kier molecular flexibility index (Phi) is 6.53. The molecule has 2 N–H and O–H groups in total. The van der Waals surface area contributed by atoms with Crippen molar-refractivity contribution in [3.05, 3.63) is 28.2 Å². The van der Waals surface area contributed by atoms with Crippen LogP contribution in [0.1, 0.15) is 52.4 Å². The predicted molar refractivity (Wildman–Crippen MR) is 98.5 cm³/mol. The first kappa shape index (κ1) is 19.1. The summed E-state index contributed by atoms with van der Waals surface area (Å²) in [5, 5.41) is 6.37. The Balaban J connectivity index is 2.03. The van der Waals surface area contributed by atoms with Crippen LogP contribution in [-0.2, 0) is 9.59 Å². The van der Waals surface area contributed by atoms with Gasteiger partial charge in [0.1, 0.15) is 5.41 Å². The lowest BCUT2D eigenvalue weighted by Gasteiger charge is -2.26. The predicted octanol–water partition coefficient (Wildman–Crippen LogP) is 4.80. The molecule has 4 nitrogen and oxygen atoms in total. The van der Waals surface area contributed by atoms with Crippen molar-refractivity contribution in [3.8, 4) is 0 Å². The monoisotopic (exact) mass is 370 g/mol. The molecule has 1 aromatic carbocycles. The molecule has 0 unspecified atom stereocenters. The first-order valence-corrected chi connectivity index (χ1v) is 9.14. The van der Waals surface area contributed by atoms with E-state index in [2.05, 4.69) is 10.6 Å². The lowest BCUT2D eigenvalue weighted by Crippen LogP contribution is -2.48. The molecule has 0 heterocycles. The second kappa shape index (κ2) is 8.21. The van der Waals surface area contributed by atoms with Gasteiger partial charge < -0.3 is 10.6 Å². The van der Waals surface area contributed by atoms with Crippen LogP contribution in [0.4, 0.5) is 5.69 Å². The lowest BCUT2D eigenvalue weighted by molar-refractivity contribution is -0.138. The van der Waals surface area contributed by atoms with E-state index in [0.29, 0.717) is 10.7 Å². The zero-order chi connectivity index (χ0) is 17.7. The molecule has 6 heteroatoms. The van der Waals surface area contributed by atoms with E-state index in [1.165, 1.54) is 12.8 Å². The molecule has 24 heavy (non-hydrogen) atoms. The Morgan fingerprint density at radius 2 is 1.67 bits per heavy atom. The Morgan fingerprint density at radius 3 is 2.29 bits per heavy atom. The van der Waals surface area contributed by atoms with Crippen LogP contribution in [0.5, 0.6) is 0 Å². The molecule has 2 amide bonds. The van der Waals surface area contributed by atoms with E-state index in [1.807, 2.05) is 0 Å². The van der Waals surface area contributed by atoms with Gasteiger partial charge in [0.25, 0.3) is 0 Å². The summed E-state index contributed by atoms with van der Waals surface area (Å²) in [5.41, 5.74) is -0.790. The van der Waals surface area contributed by atoms with E-state index >= 15 is 0 Å². The fourth-order valence-electron chi connectivity index (χ4n) is 2.77. The smallest absolute Gasteiger partial charge is 0.239 e. The molecule has 0 atom stereocenters. The standard InChI is InChI=1S/C18H24Cl2N2O2/c1-18(2,16(23)21-12-8-5-3-4-6-9-12)17(24)22-14-11-7-10-13(19)15(14)20/h7,10-12H,3-6,8-9H2,1-2H3,(H,21,23)(H,22,24). The number of nitrogens with one attached hydrogen (secondary N) is 2. The number of carbonyl (C=O) groups is 2. The van der Waals surface area contributed by atoms with E-state index < -0.39 is 11.3 Å². The van der Waals surface area contributed by atoms with E-state index in [9.17, 15) is 9.59 Å². The molecule has 0 bridgehead atoms. The van der Waals surface area contributed by atoms with Gasteiger partial charge in [-0.2, -0.15) is 0 Å². The molecule has 0 aromatic heterocycles. The van der Waals surface area contributed by atoms with Gasteiger partial charge >= 0.3 is 0 Å². The number of amides is 2. The highest BCUT2D eigenvalue weighted by Crippen LogP contribution is 2.31. The average molecular weight is 371 g/mol. The minimum absolute atomic E-state index is 0.154. The van der Waals surface area contributed by atoms with Crippen LogP contribution in [-0.4, -0.2) is 17.9 Å². The lowest BCUT2D eigenvalue weighted by atomic mass is 9.90. The summed E-state index contributed by atoms with van der Waals surface area (Å²) in [7, 11) is 0. The van der Waals surface area contributed by atoms with Crippen LogP contribution in [0.2, 0.25) is 10.0 Å². The van der Waals surface area contributed by atoms with Crippen molar-refractivity contribution in [1.82, 2.24) is 5.32 Å². The van der Waals surface area contributed by atoms with Gasteiger partial charge in [0.05, 0.1) is 15.7 Å². The van der Waals surface area contributed by atoms with Crippen LogP contribution in [0.15, 0.2) is 18.2 Å². The van der Waals surface area contributed by atoms with E-state index in [0.717, 1.165) is 25.7 Å². The number of carbonyl (C=O) groups excluding carboxylic acids is 2. The molecular weight excluding hydrogens is 347 g/mol. The van der Waals surface area contributed by atoms with Gasteiger partial charge in [-0.1, -0.05) is 55.0 Å². The van der Waals surface area contributed by atoms with Crippen LogP contribution in [0.25, 0.3) is 0 Å². The maximum Gasteiger partial charge on any atom is 0.239 e. The third kappa shape index (κ3) is 4.64. The molecule has 1 aromatic rings. The molecule has 0 spiro atoms. The second-order valence-corrected chi connectivity index (χ2v) is 7.63. The molecule has 0 aliphatic heterocycles. The number of hydrogen-bond acceptors (Lipinski definition) is 2. The van der Waals surface area contributed by atoms with Crippen LogP contribution >= 0.6 is 23.2 Å². The first-order chi connectivity index (χ1) is 11.3. The fourth-order valence-corrected chi connectivity index (χ4v) is 3.12. The van der Waals surface area contributed by atoms with Gasteiger partial charge in [-0.15, -0.1) is 0 Å². The highest BCUT2D eigenvalue weighted by atomic mass is 35.5. The third-order valence-electron chi connectivity index (χ3n) is 4.53. The van der Waals surface area contributed by atoms with Crippen LogP contribution < -0.4 is 10.6 Å². The SMILES string of the molecule is CC(C)(C(=O)Nc1cccc(Cl)c1Cl)C(=O)NC1CCCCCC1. The summed E-state index contributed by atoms with van der Waals surface area (Å²) in [6.07, 6.45) is 6.62. The molecule has 2 rings (SSSR count). The van der Waals surface area contributed by atoms with Crippen molar-refractivity contribution >= 4 is 40.7 Å². The number of hydrogen-bond donors (Lipinski definition) is 2. The minimum atomic E-state index is -1.20. The van der Waals surface area contributed by atoms with Crippen molar-refractivity contribution in [2.24, 2.45) is 5.41 Å². The van der Waals surface area contributed by atoms with E-state index in [-0.39, 0.29) is 17.0 Å². The van der Waals surface area contributed by atoms with Gasteiger partial charge in [-0.3, -0.25) is 9.59 Å². The molecule has 132 valence electrons. The van der Waals surface area contributed by atoms with Crippen LogP contribution in [0, 0.1) is 5.41 Å². The van der Waals surface area contributed by atoms with Crippen molar-refractivity contribution < 1.29 is 9.59 Å². The average Bonchev–Trinajstić information content (AvgIpc) is 2.80. The summed E-state index contributed by atoms with van der Waals surface area (Å²) in [5.74, 6) is -0.664. The van der Waals surface area contributed by atoms with E-state index in [4.69, 9.17) is 23.2 Å². The highest BCUT2D eigenvalue weighted by molar-refractivity contribution is 6.44.